The minimum absolute atomic E-state index is 0.0985. The van der Waals surface area contributed by atoms with Crippen LogP contribution in [0.4, 0.5) is 8.78 Å². The summed E-state index contributed by atoms with van der Waals surface area (Å²) in [7, 11) is 1.59. The highest BCUT2D eigenvalue weighted by atomic mass is 79.9. The number of rotatable bonds is 3. The Morgan fingerprint density at radius 1 is 1.41 bits per heavy atom. The number of H-pyrrole nitrogens is 1. The van der Waals surface area contributed by atoms with Crippen LogP contribution in [0, 0.1) is 11.6 Å². The van der Waals surface area contributed by atoms with Crippen molar-refractivity contribution >= 4 is 15.9 Å². The molecule has 0 fully saturated rings. The lowest BCUT2D eigenvalue weighted by Gasteiger charge is -2.16. The second-order valence-corrected chi connectivity index (χ2v) is 4.20. The molecule has 0 radical (unpaired) electrons. The number of benzene rings is 1. The molecule has 0 bridgehead atoms. The van der Waals surface area contributed by atoms with Gasteiger partial charge in [-0.1, -0.05) is 0 Å². The lowest BCUT2D eigenvalue weighted by atomic mass is 10.1. The highest BCUT2D eigenvalue weighted by Crippen LogP contribution is 2.28. The van der Waals surface area contributed by atoms with E-state index >= 15 is 0 Å². The summed E-state index contributed by atoms with van der Waals surface area (Å²) in [6.45, 7) is 0. The van der Waals surface area contributed by atoms with Crippen LogP contribution in [-0.2, 0) is 0 Å². The van der Waals surface area contributed by atoms with Crippen LogP contribution in [0.1, 0.15) is 17.4 Å². The van der Waals surface area contributed by atoms with E-state index < -0.39 is 17.7 Å². The summed E-state index contributed by atoms with van der Waals surface area (Å²) in [6, 6.07) is 1.81. The number of nitrogens with one attached hydrogen (secondary N) is 2. The molecule has 0 saturated heterocycles. The second-order valence-electron chi connectivity index (χ2n) is 3.35. The van der Waals surface area contributed by atoms with Gasteiger partial charge in [0.05, 0.1) is 10.5 Å². The molecule has 2 rings (SSSR count). The summed E-state index contributed by atoms with van der Waals surface area (Å²) < 4.78 is 27.8. The summed E-state index contributed by atoms with van der Waals surface area (Å²) in [5.41, 5.74) is -0.0985. The summed E-state index contributed by atoms with van der Waals surface area (Å²) in [5, 5.41) is 9.05. The zero-order valence-electron chi connectivity index (χ0n) is 8.84. The van der Waals surface area contributed by atoms with E-state index in [1.807, 2.05) is 0 Å². The third kappa shape index (κ3) is 2.20. The fraction of sp³-hybridized carbons (Fsp3) is 0.200. The van der Waals surface area contributed by atoms with Crippen molar-refractivity contribution in [2.24, 2.45) is 0 Å². The number of hydrogen-bond donors (Lipinski definition) is 2. The molecule has 17 heavy (non-hydrogen) atoms. The van der Waals surface area contributed by atoms with Gasteiger partial charge >= 0.3 is 0 Å². The van der Waals surface area contributed by atoms with Crippen LogP contribution in [0.25, 0.3) is 0 Å². The average Bonchev–Trinajstić information content (AvgIpc) is 2.83. The van der Waals surface area contributed by atoms with E-state index in [1.54, 1.807) is 7.05 Å². The van der Waals surface area contributed by atoms with Crippen LogP contribution < -0.4 is 5.32 Å². The Morgan fingerprint density at radius 3 is 2.76 bits per heavy atom. The summed E-state index contributed by atoms with van der Waals surface area (Å²) in [5.74, 6) is -0.939. The normalized spacial score (nSPS) is 12.7. The largest absolute Gasteiger partial charge is 0.307 e. The third-order valence-corrected chi connectivity index (χ3v) is 2.98. The quantitative estimate of drug-likeness (QED) is 0.854. The molecular formula is C10H9BrF2N4. The summed E-state index contributed by atoms with van der Waals surface area (Å²) >= 11 is 3.03. The molecule has 0 aliphatic carbocycles. The van der Waals surface area contributed by atoms with Gasteiger partial charge < -0.3 is 5.32 Å². The Labute approximate surface area is 105 Å². The van der Waals surface area contributed by atoms with Crippen LogP contribution in [0.2, 0.25) is 0 Å². The zero-order chi connectivity index (χ0) is 12.4. The van der Waals surface area contributed by atoms with Crippen molar-refractivity contribution in [2.75, 3.05) is 7.05 Å². The van der Waals surface area contributed by atoms with Gasteiger partial charge in [-0.15, -0.1) is 0 Å². The van der Waals surface area contributed by atoms with E-state index in [2.05, 4.69) is 36.4 Å². The standard InChI is InChI=1S/C10H9BrF2N4/c1-14-9(10-15-4-16-17-10)7-6(12)3-2-5(11)8(7)13/h2-4,9,14H,1H3,(H,15,16,17). The van der Waals surface area contributed by atoms with Crippen LogP contribution in [0.3, 0.4) is 0 Å². The monoisotopic (exact) mass is 302 g/mol. The highest BCUT2D eigenvalue weighted by Gasteiger charge is 2.24. The third-order valence-electron chi connectivity index (χ3n) is 2.36. The van der Waals surface area contributed by atoms with Crippen LogP contribution in [0.15, 0.2) is 22.9 Å². The summed E-state index contributed by atoms with van der Waals surface area (Å²) in [4.78, 5) is 3.90. The van der Waals surface area contributed by atoms with Crippen molar-refractivity contribution < 1.29 is 8.78 Å². The first-order valence-corrected chi connectivity index (χ1v) is 5.60. The molecule has 0 spiro atoms. The maximum absolute atomic E-state index is 13.9. The van der Waals surface area contributed by atoms with E-state index in [4.69, 9.17) is 0 Å². The molecule has 0 aliphatic rings. The topological polar surface area (TPSA) is 53.6 Å². The van der Waals surface area contributed by atoms with Crippen molar-refractivity contribution in [3.8, 4) is 0 Å². The van der Waals surface area contributed by atoms with Gasteiger partial charge in [0, 0.05) is 5.56 Å². The van der Waals surface area contributed by atoms with E-state index in [9.17, 15) is 8.78 Å². The van der Waals surface area contributed by atoms with Crippen molar-refractivity contribution in [3.05, 3.63) is 46.0 Å². The lowest BCUT2D eigenvalue weighted by Crippen LogP contribution is -2.22. The smallest absolute Gasteiger partial charge is 0.146 e. The van der Waals surface area contributed by atoms with Gasteiger partial charge in [-0.05, 0) is 35.1 Å². The van der Waals surface area contributed by atoms with Gasteiger partial charge in [-0.2, -0.15) is 5.10 Å². The Kier molecular flexibility index (Phi) is 3.49. The molecule has 0 amide bonds. The van der Waals surface area contributed by atoms with Gasteiger partial charge in [-0.3, -0.25) is 5.10 Å². The molecule has 7 heteroatoms. The minimum Gasteiger partial charge on any atom is -0.307 e. The highest BCUT2D eigenvalue weighted by molar-refractivity contribution is 9.10. The molecule has 0 aliphatic heterocycles. The van der Waals surface area contributed by atoms with Crippen LogP contribution >= 0.6 is 15.9 Å². The van der Waals surface area contributed by atoms with Crippen molar-refractivity contribution in [1.82, 2.24) is 20.5 Å². The van der Waals surface area contributed by atoms with Crippen LogP contribution in [0.5, 0.6) is 0 Å². The van der Waals surface area contributed by atoms with Crippen molar-refractivity contribution in [3.63, 3.8) is 0 Å². The lowest BCUT2D eigenvalue weighted by molar-refractivity contribution is 0.509. The number of aromatic nitrogens is 3. The maximum Gasteiger partial charge on any atom is 0.146 e. The van der Waals surface area contributed by atoms with Crippen molar-refractivity contribution in [1.29, 1.82) is 0 Å². The molecule has 1 aromatic heterocycles. The van der Waals surface area contributed by atoms with Gasteiger partial charge in [0.2, 0.25) is 0 Å². The molecule has 90 valence electrons. The fourth-order valence-corrected chi connectivity index (χ4v) is 1.92. The number of nitrogens with zero attached hydrogens (tertiary/aromatic N) is 2. The number of halogens is 3. The molecule has 1 heterocycles. The van der Waals surface area contributed by atoms with E-state index in [0.717, 1.165) is 0 Å². The Hall–Kier alpha value is -1.34. The predicted octanol–water partition coefficient (Wildman–Crippen LogP) is 2.15. The Bertz CT molecular complexity index is 515. The molecule has 0 saturated carbocycles. The van der Waals surface area contributed by atoms with E-state index in [-0.39, 0.29) is 10.0 Å². The molecule has 4 nitrogen and oxygen atoms in total. The fourth-order valence-electron chi connectivity index (χ4n) is 1.58. The van der Waals surface area contributed by atoms with Gasteiger partial charge in [0.1, 0.15) is 23.8 Å². The first-order valence-electron chi connectivity index (χ1n) is 4.81. The SMILES string of the molecule is CNC(c1ncn[nH]1)c1c(F)ccc(Br)c1F. The Morgan fingerprint density at radius 2 is 2.18 bits per heavy atom. The first kappa shape index (κ1) is 12.1. The maximum atomic E-state index is 13.9. The van der Waals surface area contributed by atoms with Gasteiger partial charge in [0.25, 0.3) is 0 Å². The second kappa shape index (κ2) is 4.89. The van der Waals surface area contributed by atoms with E-state index in [0.29, 0.717) is 5.82 Å². The number of hydrogen-bond acceptors (Lipinski definition) is 3. The average molecular weight is 303 g/mol. The predicted molar refractivity (Wildman–Crippen MR) is 61.3 cm³/mol. The van der Waals surface area contributed by atoms with Crippen LogP contribution in [-0.4, -0.2) is 22.2 Å². The van der Waals surface area contributed by atoms with Crippen molar-refractivity contribution in [2.45, 2.75) is 6.04 Å². The van der Waals surface area contributed by atoms with Gasteiger partial charge in [0.15, 0.2) is 0 Å². The molecular weight excluding hydrogens is 294 g/mol. The molecule has 1 atom stereocenters. The zero-order valence-corrected chi connectivity index (χ0v) is 10.4. The summed E-state index contributed by atoms with van der Waals surface area (Å²) in [6.07, 6.45) is 1.29. The molecule has 1 unspecified atom stereocenters. The number of aromatic amines is 1. The first-order chi connectivity index (χ1) is 8.15. The molecule has 2 aromatic rings. The van der Waals surface area contributed by atoms with Gasteiger partial charge in [-0.25, -0.2) is 13.8 Å². The van der Waals surface area contributed by atoms with E-state index in [1.165, 1.54) is 18.5 Å². The molecule has 2 N–H and O–H groups in total. The minimum atomic E-state index is -0.713. The molecule has 1 aromatic carbocycles. The Balaban J connectivity index is 2.55.